The van der Waals surface area contributed by atoms with Gasteiger partial charge in [-0.2, -0.15) is 0 Å². The SMILES string of the molecule is COc1ccccc1/C=C1\Oc2c3c(cc(C)c2C1=O)OCN(CCCc1ccccc1)C3. The summed E-state index contributed by atoms with van der Waals surface area (Å²) in [4.78, 5) is 15.5. The van der Waals surface area contributed by atoms with Crippen LogP contribution >= 0.6 is 0 Å². The Labute approximate surface area is 194 Å². The third-order valence-corrected chi connectivity index (χ3v) is 6.20. The standard InChI is InChI=1S/C28H27NO4/c1-19-15-24-22(17-29(18-32-24)14-8-11-20-9-4-3-5-10-20)28-26(19)27(30)25(33-28)16-21-12-6-7-13-23(21)31-2/h3-7,9-10,12-13,15-16H,8,11,14,17-18H2,1-2H3/b25-16-. The maximum absolute atomic E-state index is 13.2. The van der Waals surface area contributed by atoms with E-state index in [-0.39, 0.29) is 5.78 Å². The highest BCUT2D eigenvalue weighted by Crippen LogP contribution is 2.44. The summed E-state index contributed by atoms with van der Waals surface area (Å²) in [6.45, 7) is 4.08. The van der Waals surface area contributed by atoms with E-state index in [9.17, 15) is 4.79 Å². The monoisotopic (exact) mass is 441 g/mol. The van der Waals surface area contributed by atoms with Crippen LogP contribution in [-0.2, 0) is 13.0 Å². The minimum atomic E-state index is -0.0996. The second-order valence-corrected chi connectivity index (χ2v) is 8.47. The Morgan fingerprint density at radius 1 is 1.09 bits per heavy atom. The molecule has 0 aromatic heterocycles. The lowest BCUT2D eigenvalue weighted by Crippen LogP contribution is -2.33. The lowest BCUT2D eigenvalue weighted by molar-refractivity contribution is 0.0928. The Morgan fingerprint density at radius 2 is 1.88 bits per heavy atom. The minimum absolute atomic E-state index is 0.0996. The summed E-state index contributed by atoms with van der Waals surface area (Å²) in [6.07, 6.45) is 3.82. The molecule has 0 spiro atoms. The predicted octanol–water partition coefficient (Wildman–Crippen LogP) is 5.40. The number of fused-ring (bicyclic) bond motifs is 3. The van der Waals surface area contributed by atoms with Crippen molar-refractivity contribution < 1.29 is 19.0 Å². The van der Waals surface area contributed by atoms with Crippen molar-refractivity contribution in [1.82, 2.24) is 4.90 Å². The van der Waals surface area contributed by atoms with Crippen molar-refractivity contribution in [1.29, 1.82) is 0 Å². The zero-order chi connectivity index (χ0) is 22.8. The van der Waals surface area contributed by atoms with Crippen molar-refractivity contribution in [2.24, 2.45) is 0 Å². The Bertz CT molecular complexity index is 1220. The van der Waals surface area contributed by atoms with Gasteiger partial charge in [-0.3, -0.25) is 9.69 Å². The van der Waals surface area contributed by atoms with Gasteiger partial charge in [-0.15, -0.1) is 0 Å². The van der Waals surface area contributed by atoms with Gasteiger partial charge in [0, 0.05) is 18.7 Å². The lowest BCUT2D eigenvalue weighted by Gasteiger charge is -2.30. The molecule has 0 radical (unpaired) electrons. The Kier molecular flexibility index (Phi) is 5.88. The normalized spacial score (nSPS) is 16.2. The number of ketones is 1. The molecule has 0 aliphatic carbocycles. The number of carbonyl (C=O) groups excluding carboxylic acids is 1. The lowest BCUT2D eigenvalue weighted by atomic mass is 9.98. The molecule has 5 rings (SSSR count). The summed E-state index contributed by atoms with van der Waals surface area (Å²) in [5.74, 6) is 2.34. The number of Topliss-reactive ketones (excluding diaryl/α,β-unsaturated/α-hetero) is 1. The highest BCUT2D eigenvalue weighted by molar-refractivity contribution is 6.16. The number of aryl methyl sites for hydroxylation is 2. The Balaban J connectivity index is 1.37. The Morgan fingerprint density at radius 3 is 2.70 bits per heavy atom. The van der Waals surface area contributed by atoms with Gasteiger partial charge in [0.05, 0.1) is 18.2 Å². The summed E-state index contributed by atoms with van der Waals surface area (Å²) >= 11 is 0. The van der Waals surface area contributed by atoms with Crippen LogP contribution in [0, 0.1) is 6.92 Å². The summed E-state index contributed by atoms with van der Waals surface area (Å²) in [5, 5.41) is 0. The summed E-state index contributed by atoms with van der Waals surface area (Å²) in [7, 11) is 1.62. The molecule has 0 N–H and O–H groups in total. The molecule has 0 bridgehead atoms. The molecule has 0 atom stereocenters. The van der Waals surface area contributed by atoms with Crippen LogP contribution in [-0.4, -0.2) is 31.1 Å². The zero-order valence-electron chi connectivity index (χ0n) is 19.0. The summed E-state index contributed by atoms with van der Waals surface area (Å²) in [5.41, 5.74) is 4.59. The largest absolute Gasteiger partial charge is 0.496 e. The molecule has 0 saturated heterocycles. The first-order valence-electron chi connectivity index (χ1n) is 11.3. The number of ether oxygens (including phenoxy) is 3. The fourth-order valence-electron chi connectivity index (χ4n) is 4.50. The molecule has 0 unspecified atom stereocenters. The van der Waals surface area contributed by atoms with E-state index < -0.39 is 0 Å². The zero-order valence-corrected chi connectivity index (χ0v) is 19.0. The number of benzene rings is 3. The molecule has 5 nitrogen and oxygen atoms in total. The van der Waals surface area contributed by atoms with E-state index in [0.717, 1.165) is 41.8 Å². The number of methoxy groups -OCH3 is 1. The van der Waals surface area contributed by atoms with Crippen molar-refractivity contribution >= 4 is 11.9 Å². The molecule has 0 saturated carbocycles. The maximum Gasteiger partial charge on any atom is 0.232 e. The van der Waals surface area contributed by atoms with Crippen molar-refractivity contribution in [2.75, 3.05) is 20.4 Å². The van der Waals surface area contributed by atoms with E-state index in [1.807, 2.05) is 43.3 Å². The van der Waals surface area contributed by atoms with E-state index in [1.54, 1.807) is 13.2 Å². The Hall–Kier alpha value is -3.57. The van der Waals surface area contributed by atoms with E-state index in [1.165, 1.54) is 5.56 Å². The quantitative estimate of drug-likeness (QED) is 0.479. The summed E-state index contributed by atoms with van der Waals surface area (Å²) < 4.78 is 17.7. The van der Waals surface area contributed by atoms with Gasteiger partial charge in [-0.25, -0.2) is 0 Å². The van der Waals surface area contributed by atoms with Crippen molar-refractivity contribution in [3.8, 4) is 17.2 Å². The van der Waals surface area contributed by atoms with Gasteiger partial charge in [-0.1, -0.05) is 48.5 Å². The average molecular weight is 442 g/mol. The van der Waals surface area contributed by atoms with Gasteiger partial charge in [0.25, 0.3) is 0 Å². The van der Waals surface area contributed by atoms with Gasteiger partial charge >= 0.3 is 0 Å². The van der Waals surface area contributed by atoms with E-state index in [2.05, 4.69) is 29.2 Å². The maximum atomic E-state index is 13.2. The van der Waals surface area contributed by atoms with Crippen LogP contribution in [0.3, 0.4) is 0 Å². The van der Waals surface area contributed by atoms with E-state index in [0.29, 0.717) is 36.1 Å². The van der Waals surface area contributed by atoms with Crippen molar-refractivity contribution in [3.63, 3.8) is 0 Å². The molecule has 3 aromatic rings. The number of hydrogen-bond acceptors (Lipinski definition) is 5. The first kappa shape index (κ1) is 21.3. The molecule has 33 heavy (non-hydrogen) atoms. The third-order valence-electron chi connectivity index (χ3n) is 6.20. The van der Waals surface area contributed by atoms with E-state index in [4.69, 9.17) is 14.2 Å². The predicted molar refractivity (Wildman–Crippen MR) is 128 cm³/mol. The molecular formula is C28H27NO4. The molecule has 5 heteroatoms. The van der Waals surface area contributed by atoms with Crippen LogP contribution in [0.4, 0.5) is 0 Å². The van der Waals surface area contributed by atoms with Gasteiger partial charge in [0.2, 0.25) is 5.78 Å². The minimum Gasteiger partial charge on any atom is -0.496 e. The highest BCUT2D eigenvalue weighted by atomic mass is 16.5. The highest BCUT2D eigenvalue weighted by Gasteiger charge is 2.35. The second kappa shape index (κ2) is 9.12. The number of carbonyl (C=O) groups is 1. The van der Waals surface area contributed by atoms with Crippen molar-refractivity contribution in [3.05, 3.63) is 94.2 Å². The van der Waals surface area contributed by atoms with E-state index >= 15 is 0 Å². The average Bonchev–Trinajstić information content (AvgIpc) is 3.17. The second-order valence-electron chi connectivity index (χ2n) is 8.47. The van der Waals surface area contributed by atoms with Gasteiger partial charge in [0.15, 0.2) is 5.76 Å². The summed E-state index contributed by atoms with van der Waals surface area (Å²) in [6, 6.07) is 20.1. The molecule has 0 fully saturated rings. The first-order chi connectivity index (χ1) is 16.1. The first-order valence-corrected chi connectivity index (χ1v) is 11.3. The topological polar surface area (TPSA) is 48.0 Å². The number of para-hydroxylation sites is 1. The van der Waals surface area contributed by atoms with Crippen LogP contribution in [0.1, 0.15) is 39.0 Å². The molecule has 3 aromatic carbocycles. The molecular weight excluding hydrogens is 414 g/mol. The molecule has 2 aliphatic rings. The molecule has 0 amide bonds. The number of rotatable bonds is 6. The van der Waals surface area contributed by atoms with Crippen LogP contribution in [0.2, 0.25) is 0 Å². The van der Waals surface area contributed by atoms with Crippen LogP contribution in [0.25, 0.3) is 6.08 Å². The van der Waals surface area contributed by atoms with Crippen LogP contribution < -0.4 is 14.2 Å². The van der Waals surface area contributed by atoms with Crippen LogP contribution in [0.5, 0.6) is 17.2 Å². The fourth-order valence-corrected chi connectivity index (χ4v) is 4.50. The molecule has 2 aliphatic heterocycles. The van der Waals surface area contributed by atoms with Gasteiger partial charge in [0.1, 0.15) is 24.0 Å². The third kappa shape index (κ3) is 4.24. The van der Waals surface area contributed by atoms with Crippen LogP contribution in [0.15, 0.2) is 66.4 Å². The van der Waals surface area contributed by atoms with Gasteiger partial charge < -0.3 is 14.2 Å². The number of nitrogens with zero attached hydrogens (tertiary/aromatic N) is 1. The number of hydrogen-bond donors (Lipinski definition) is 0. The van der Waals surface area contributed by atoms with Gasteiger partial charge in [-0.05, 0) is 49.1 Å². The fraction of sp³-hybridized carbons (Fsp3) is 0.250. The number of allylic oxidation sites excluding steroid dienone is 1. The molecule has 168 valence electrons. The molecule has 2 heterocycles. The van der Waals surface area contributed by atoms with Crippen molar-refractivity contribution in [2.45, 2.75) is 26.3 Å². The smallest absolute Gasteiger partial charge is 0.232 e.